The Bertz CT molecular complexity index is 510. The zero-order chi connectivity index (χ0) is 12.3. The van der Waals surface area contributed by atoms with E-state index in [0.717, 1.165) is 22.3 Å². The number of aryl methyl sites for hydroxylation is 1. The molecule has 3 nitrogen and oxygen atoms in total. The summed E-state index contributed by atoms with van der Waals surface area (Å²) in [5.41, 5.74) is 3.35. The third-order valence-electron chi connectivity index (χ3n) is 2.63. The minimum atomic E-state index is 0.493. The van der Waals surface area contributed by atoms with E-state index in [2.05, 4.69) is 23.0 Å². The van der Waals surface area contributed by atoms with E-state index in [9.17, 15) is 0 Å². The minimum Gasteiger partial charge on any atom is -0.325 e. The van der Waals surface area contributed by atoms with Crippen LogP contribution in [-0.2, 0) is 18.7 Å². The molecule has 2 heterocycles. The van der Waals surface area contributed by atoms with Gasteiger partial charge in [-0.05, 0) is 18.6 Å². The Morgan fingerprint density at radius 2 is 2.24 bits per heavy atom. The molecule has 5 heteroatoms. The van der Waals surface area contributed by atoms with Crippen molar-refractivity contribution in [2.45, 2.75) is 23.7 Å². The lowest BCUT2D eigenvalue weighted by Crippen LogP contribution is -1.97. The van der Waals surface area contributed by atoms with Crippen LogP contribution in [0.3, 0.4) is 0 Å². The summed E-state index contributed by atoms with van der Waals surface area (Å²) in [6.07, 6.45) is 3.64. The molecule has 0 radical (unpaired) electrons. The second-order valence-electron chi connectivity index (χ2n) is 3.78. The highest BCUT2D eigenvalue weighted by molar-refractivity contribution is 7.98. The van der Waals surface area contributed by atoms with Gasteiger partial charge in [0.25, 0.3) is 0 Å². The Hall–Kier alpha value is -1.00. The summed E-state index contributed by atoms with van der Waals surface area (Å²) >= 11 is 7.49. The molecule has 0 spiro atoms. The van der Waals surface area contributed by atoms with E-state index in [-0.39, 0.29) is 0 Å². The maximum absolute atomic E-state index is 5.81. The van der Waals surface area contributed by atoms with Gasteiger partial charge < -0.3 is 4.57 Å². The van der Waals surface area contributed by atoms with Gasteiger partial charge in [-0.25, -0.2) is 4.98 Å². The van der Waals surface area contributed by atoms with Crippen LogP contribution in [0.1, 0.15) is 17.0 Å². The molecule has 0 fully saturated rings. The maximum Gasteiger partial charge on any atom is 0.168 e. The van der Waals surface area contributed by atoms with Crippen molar-refractivity contribution in [2.75, 3.05) is 0 Å². The number of rotatable bonds is 4. The Morgan fingerprint density at radius 1 is 1.41 bits per heavy atom. The average molecular weight is 268 g/mol. The minimum absolute atomic E-state index is 0.493. The highest BCUT2D eigenvalue weighted by Gasteiger charge is 2.07. The Balaban J connectivity index is 2.07. The summed E-state index contributed by atoms with van der Waals surface area (Å²) in [6, 6.07) is 4.03. The van der Waals surface area contributed by atoms with Crippen LogP contribution in [0.25, 0.3) is 0 Å². The molecule has 17 heavy (non-hydrogen) atoms. The number of pyridine rings is 1. The first kappa shape index (κ1) is 12.5. The van der Waals surface area contributed by atoms with E-state index in [1.165, 1.54) is 5.56 Å². The standard InChI is InChI=1S/C12H14ClN3S/c1-9-4-3-5-14-11(9)8-17-12-15-7-10(6-13)16(12)2/h3-5,7H,6,8H2,1-2H3. The van der Waals surface area contributed by atoms with Crippen molar-refractivity contribution in [3.05, 3.63) is 41.5 Å². The number of nitrogens with zero attached hydrogens (tertiary/aromatic N) is 3. The third-order valence-corrected chi connectivity index (χ3v) is 3.96. The fourth-order valence-corrected chi connectivity index (χ4v) is 2.74. The van der Waals surface area contributed by atoms with Gasteiger partial charge in [-0.3, -0.25) is 4.98 Å². The molecular weight excluding hydrogens is 254 g/mol. The molecule has 90 valence electrons. The lowest BCUT2D eigenvalue weighted by atomic mass is 10.2. The molecule has 0 N–H and O–H groups in total. The smallest absolute Gasteiger partial charge is 0.168 e. The summed E-state index contributed by atoms with van der Waals surface area (Å²) in [7, 11) is 1.98. The predicted molar refractivity (Wildman–Crippen MR) is 71.3 cm³/mol. The molecule has 2 aromatic rings. The molecule has 0 aliphatic carbocycles. The van der Waals surface area contributed by atoms with Crippen molar-refractivity contribution in [1.82, 2.24) is 14.5 Å². The van der Waals surface area contributed by atoms with Gasteiger partial charge in [0.2, 0.25) is 0 Å². The average Bonchev–Trinajstić information content (AvgIpc) is 2.69. The molecule has 0 bridgehead atoms. The highest BCUT2D eigenvalue weighted by Crippen LogP contribution is 2.22. The van der Waals surface area contributed by atoms with E-state index >= 15 is 0 Å². The topological polar surface area (TPSA) is 30.7 Å². The molecule has 2 rings (SSSR count). The fourth-order valence-electron chi connectivity index (χ4n) is 1.49. The van der Waals surface area contributed by atoms with Crippen LogP contribution < -0.4 is 0 Å². The zero-order valence-corrected chi connectivity index (χ0v) is 11.4. The van der Waals surface area contributed by atoms with Crippen LogP contribution in [0.2, 0.25) is 0 Å². The van der Waals surface area contributed by atoms with E-state index in [1.807, 2.05) is 30.1 Å². The quantitative estimate of drug-likeness (QED) is 0.630. The first-order chi connectivity index (χ1) is 8.22. The molecule has 0 aliphatic heterocycles. The van der Waals surface area contributed by atoms with Crippen molar-refractivity contribution >= 4 is 23.4 Å². The number of hydrogen-bond donors (Lipinski definition) is 0. The number of hydrogen-bond acceptors (Lipinski definition) is 3. The van der Waals surface area contributed by atoms with Gasteiger partial charge in [0.1, 0.15) is 0 Å². The van der Waals surface area contributed by atoms with E-state index in [1.54, 1.807) is 11.8 Å². The first-order valence-electron chi connectivity index (χ1n) is 5.32. The lowest BCUT2D eigenvalue weighted by Gasteiger charge is -2.05. The normalized spacial score (nSPS) is 10.8. The predicted octanol–water partition coefficient (Wildman–Crippen LogP) is 3.15. The van der Waals surface area contributed by atoms with Gasteiger partial charge in [0.15, 0.2) is 5.16 Å². The van der Waals surface area contributed by atoms with Gasteiger partial charge in [-0.15, -0.1) is 11.6 Å². The van der Waals surface area contributed by atoms with Gasteiger partial charge in [-0.2, -0.15) is 0 Å². The van der Waals surface area contributed by atoms with Crippen molar-refractivity contribution in [1.29, 1.82) is 0 Å². The van der Waals surface area contributed by atoms with Gasteiger partial charge >= 0.3 is 0 Å². The number of alkyl halides is 1. The summed E-state index contributed by atoms with van der Waals surface area (Å²) in [5, 5.41) is 0.978. The van der Waals surface area contributed by atoms with E-state index in [4.69, 9.17) is 11.6 Å². The SMILES string of the molecule is Cc1cccnc1CSc1ncc(CCl)n1C. The molecular formula is C12H14ClN3S. The Morgan fingerprint density at radius 3 is 2.88 bits per heavy atom. The number of imidazole rings is 1. The molecule has 0 saturated heterocycles. The lowest BCUT2D eigenvalue weighted by molar-refractivity contribution is 0.760. The first-order valence-corrected chi connectivity index (χ1v) is 6.84. The largest absolute Gasteiger partial charge is 0.325 e. The van der Waals surface area contributed by atoms with Gasteiger partial charge in [-0.1, -0.05) is 17.8 Å². The molecule has 0 unspecified atom stereocenters. The van der Waals surface area contributed by atoms with Crippen LogP contribution in [-0.4, -0.2) is 14.5 Å². The fraction of sp³-hybridized carbons (Fsp3) is 0.333. The summed E-state index contributed by atoms with van der Waals surface area (Å²) in [4.78, 5) is 8.71. The van der Waals surface area contributed by atoms with Crippen LogP contribution in [0.5, 0.6) is 0 Å². The second kappa shape index (κ2) is 5.56. The molecule has 0 aliphatic rings. The summed E-state index contributed by atoms with van der Waals surface area (Å²) in [5.74, 6) is 1.33. The van der Waals surface area contributed by atoms with Crippen LogP contribution in [0.15, 0.2) is 29.7 Å². The third kappa shape index (κ3) is 2.82. The van der Waals surface area contributed by atoms with E-state index < -0.39 is 0 Å². The van der Waals surface area contributed by atoms with Crippen LogP contribution in [0, 0.1) is 6.92 Å². The molecule has 0 atom stereocenters. The van der Waals surface area contributed by atoms with Gasteiger partial charge in [0.05, 0.1) is 23.5 Å². The molecule has 2 aromatic heterocycles. The Kier molecular flexibility index (Phi) is 4.07. The summed E-state index contributed by atoms with van der Waals surface area (Å²) in [6.45, 7) is 2.07. The van der Waals surface area contributed by atoms with Crippen molar-refractivity contribution in [3.8, 4) is 0 Å². The second-order valence-corrected chi connectivity index (χ2v) is 4.99. The van der Waals surface area contributed by atoms with Crippen LogP contribution >= 0.6 is 23.4 Å². The summed E-state index contributed by atoms with van der Waals surface area (Å²) < 4.78 is 2.02. The van der Waals surface area contributed by atoms with Crippen molar-refractivity contribution in [3.63, 3.8) is 0 Å². The molecule has 0 aromatic carbocycles. The number of halogens is 1. The van der Waals surface area contributed by atoms with Crippen molar-refractivity contribution < 1.29 is 0 Å². The zero-order valence-electron chi connectivity index (χ0n) is 9.85. The monoisotopic (exact) mass is 267 g/mol. The maximum atomic E-state index is 5.81. The van der Waals surface area contributed by atoms with Gasteiger partial charge in [0, 0.05) is 19.0 Å². The van der Waals surface area contributed by atoms with E-state index in [0.29, 0.717) is 5.88 Å². The number of aromatic nitrogens is 3. The van der Waals surface area contributed by atoms with Crippen LogP contribution in [0.4, 0.5) is 0 Å². The highest BCUT2D eigenvalue weighted by atomic mass is 35.5. The Labute approximate surface area is 110 Å². The van der Waals surface area contributed by atoms with Crippen molar-refractivity contribution in [2.24, 2.45) is 7.05 Å². The molecule has 0 saturated carbocycles. The molecule has 0 amide bonds. The number of thioether (sulfide) groups is 1.